The quantitative estimate of drug-likeness (QED) is 0.858. The van der Waals surface area contributed by atoms with Crippen molar-refractivity contribution in [2.45, 2.75) is 0 Å². The van der Waals surface area contributed by atoms with Crippen molar-refractivity contribution in [3.05, 3.63) is 34.4 Å². The highest BCUT2D eigenvalue weighted by Gasteiger charge is 2.24. The number of aliphatic hydroxyl groups excluding tert-OH is 1. The molecule has 2 rings (SSSR count). The van der Waals surface area contributed by atoms with E-state index in [-0.39, 0.29) is 17.2 Å². The van der Waals surface area contributed by atoms with Gasteiger partial charge in [0.1, 0.15) is 11.6 Å². The number of carbonyl (C=O) groups is 1. The van der Waals surface area contributed by atoms with Crippen LogP contribution in [0.25, 0.3) is 0 Å². The first-order chi connectivity index (χ1) is 9.52. The fourth-order valence-corrected chi connectivity index (χ4v) is 2.32. The Morgan fingerprint density at radius 1 is 1.20 bits per heavy atom. The van der Waals surface area contributed by atoms with E-state index in [1.807, 2.05) is 4.90 Å². The van der Waals surface area contributed by atoms with Gasteiger partial charge in [0.2, 0.25) is 0 Å². The summed E-state index contributed by atoms with van der Waals surface area (Å²) in [4.78, 5) is 15.6. The minimum atomic E-state index is -0.820. The summed E-state index contributed by atoms with van der Waals surface area (Å²) < 4.78 is 27.0. The Morgan fingerprint density at radius 2 is 1.85 bits per heavy atom. The summed E-state index contributed by atoms with van der Waals surface area (Å²) in [6.07, 6.45) is 0. The molecular weight excluding hydrogens is 290 g/mol. The van der Waals surface area contributed by atoms with Crippen LogP contribution in [0.5, 0.6) is 0 Å². The predicted molar refractivity (Wildman–Crippen MR) is 70.8 cm³/mol. The van der Waals surface area contributed by atoms with Gasteiger partial charge in [0.25, 0.3) is 5.91 Å². The van der Waals surface area contributed by atoms with E-state index in [1.54, 1.807) is 0 Å². The first kappa shape index (κ1) is 15.2. The van der Waals surface area contributed by atoms with Crippen LogP contribution in [-0.2, 0) is 0 Å². The van der Waals surface area contributed by atoms with Crippen LogP contribution in [-0.4, -0.2) is 60.1 Å². The number of hydrogen-bond donors (Lipinski definition) is 1. The predicted octanol–water partition coefficient (Wildman–Crippen LogP) is 1.37. The summed E-state index contributed by atoms with van der Waals surface area (Å²) in [6, 6.07) is 1.65. The average Bonchev–Trinajstić information content (AvgIpc) is 2.43. The van der Waals surface area contributed by atoms with Crippen LogP contribution in [0.1, 0.15) is 10.4 Å². The number of amides is 1. The number of halogens is 3. The van der Waals surface area contributed by atoms with E-state index in [1.165, 1.54) is 4.90 Å². The summed E-state index contributed by atoms with van der Waals surface area (Å²) in [5, 5.41) is 8.50. The van der Waals surface area contributed by atoms with E-state index in [2.05, 4.69) is 0 Å². The molecule has 1 aliphatic rings. The third-order valence-electron chi connectivity index (χ3n) is 3.32. The van der Waals surface area contributed by atoms with Crippen molar-refractivity contribution >= 4 is 17.5 Å². The average molecular weight is 305 g/mol. The number of benzene rings is 1. The van der Waals surface area contributed by atoms with Gasteiger partial charge in [0, 0.05) is 32.7 Å². The van der Waals surface area contributed by atoms with Gasteiger partial charge in [-0.2, -0.15) is 0 Å². The van der Waals surface area contributed by atoms with Gasteiger partial charge in [-0.3, -0.25) is 9.69 Å². The molecule has 0 aromatic heterocycles. The third kappa shape index (κ3) is 3.26. The molecule has 0 saturated carbocycles. The third-order valence-corrected chi connectivity index (χ3v) is 3.61. The maximum Gasteiger partial charge on any atom is 0.257 e. The van der Waals surface area contributed by atoms with E-state index < -0.39 is 17.5 Å². The van der Waals surface area contributed by atoms with Crippen molar-refractivity contribution in [1.29, 1.82) is 0 Å². The maximum atomic E-state index is 13.7. The second kappa shape index (κ2) is 6.47. The van der Waals surface area contributed by atoms with Gasteiger partial charge in [-0.05, 0) is 12.1 Å². The van der Waals surface area contributed by atoms with E-state index in [0.29, 0.717) is 32.7 Å². The summed E-state index contributed by atoms with van der Waals surface area (Å²) in [6.45, 7) is 2.65. The molecule has 1 heterocycles. The Labute approximate surface area is 120 Å². The first-order valence-electron chi connectivity index (χ1n) is 6.30. The van der Waals surface area contributed by atoms with Crippen LogP contribution in [0.15, 0.2) is 12.1 Å². The van der Waals surface area contributed by atoms with Crippen LogP contribution in [0.4, 0.5) is 8.78 Å². The van der Waals surface area contributed by atoms with Gasteiger partial charge in [-0.1, -0.05) is 11.6 Å². The molecule has 1 aromatic rings. The van der Waals surface area contributed by atoms with Gasteiger partial charge in [-0.15, -0.1) is 0 Å². The summed E-state index contributed by atoms with van der Waals surface area (Å²) in [5.74, 6) is -2.17. The molecule has 0 atom stereocenters. The van der Waals surface area contributed by atoms with Gasteiger partial charge in [0.15, 0.2) is 0 Å². The number of hydrogen-bond acceptors (Lipinski definition) is 3. The molecule has 1 saturated heterocycles. The molecule has 0 unspecified atom stereocenters. The fraction of sp³-hybridized carbons (Fsp3) is 0.462. The second-order valence-electron chi connectivity index (χ2n) is 4.60. The topological polar surface area (TPSA) is 43.8 Å². The van der Waals surface area contributed by atoms with E-state index in [0.717, 1.165) is 12.1 Å². The molecule has 0 radical (unpaired) electrons. The van der Waals surface area contributed by atoms with Gasteiger partial charge >= 0.3 is 0 Å². The van der Waals surface area contributed by atoms with Crippen molar-refractivity contribution < 1.29 is 18.7 Å². The highest BCUT2D eigenvalue weighted by molar-refractivity contribution is 6.30. The Bertz CT molecular complexity index is 505. The number of piperazine rings is 1. The van der Waals surface area contributed by atoms with Gasteiger partial charge in [0.05, 0.1) is 17.2 Å². The van der Waals surface area contributed by atoms with E-state index >= 15 is 0 Å². The molecule has 1 aromatic carbocycles. The van der Waals surface area contributed by atoms with Crippen molar-refractivity contribution in [3.8, 4) is 0 Å². The number of rotatable bonds is 3. The van der Waals surface area contributed by atoms with Crippen LogP contribution >= 0.6 is 11.6 Å². The summed E-state index contributed by atoms with van der Waals surface area (Å²) >= 11 is 5.46. The Morgan fingerprint density at radius 3 is 2.45 bits per heavy atom. The molecule has 1 N–H and O–H groups in total. The lowest BCUT2D eigenvalue weighted by molar-refractivity contribution is 0.0610. The second-order valence-corrected chi connectivity index (χ2v) is 5.01. The molecule has 0 spiro atoms. The van der Waals surface area contributed by atoms with E-state index in [9.17, 15) is 13.6 Å². The van der Waals surface area contributed by atoms with Crippen molar-refractivity contribution in [1.82, 2.24) is 9.80 Å². The van der Waals surface area contributed by atoms with Crippen molar-refractivity contribution in [2.75, 3.05) is 39.3 Å². The molecular formula is C13H15ClF2N2O2. The lowest BCUT2D eigenvalue weighted by atomic mass is 10.1. The maximum absolute atomic E-state index is 13.7. The molecule has 1 fully saturated rings. The number of carbonyl (C=O) groups excluding carboxylic acids is 1. The van der Waals surface area contributed by atoms with Gasteiger partial charge < -0.3 is 10.0 Å². The summed E-state index contributed by atoms with van der Waals surface area (Å²) in [7, 11) is 0. The van der Waals surface area contributed by atoms with Crippen molar-refractivity contribution in [3.63, 3.8) is 0 Å². The monoisotopic (exact) mass is 304 g/mol. The lowest BCUT2D eigenvalue weighted by Crippen LogP contribution is -2.49. The van der Waals surface area contributed by atoms with Crippen LogP contribution in [0.2, 0.25) is 5.02 Å². The van der Waals surface area contributed by atoms with E-state index in [4.69, 9.17) is 16.7 Å². The Kier molecular flexibility index (Phi) is 4.91. The Hall–Kier alpha value is -1.24. The zero-order valence-corrected chi connectivity index (χ0v) is 11.5. The molecule has 0 aliphatic carbocycles. The fourth-order valence-electron chi connectivity index (χ4n) is 2.17. The molecule has 1 amide bonds. The molecule has 110 valence electrons. The highest BCUT2D eigenvalue weighted by Crippen LogP contribution is 2.21. The van der Waals surface area contributed by atoms with Crippen LogP contribution in [0, 0.1) is 11.6 Å². The molecule has 4 nitrogen and oxygen atoms in total. The molecule has 0 bridgehead atoms. The zero-order valence-electron chi connectivity index (χ0n) is 10.8. The first-order valence-corrected chi connectivity index (χ1v) is 6.67. The highest BCUT2D eigenvalue weighted by atomic mass is 35.5. The zero-order chi connectivity index (χ0) is 14.7. The van der Waals surface area contributed by atoms with Crippen LogP contribution in [0.3, 0.4) is 0 Å². The summed E-state index contributed by atoms with van der Waals surface area (Å²) in [5.41, 5.74) is -0.303. The molecule has 20 heavy (non-hydrogen) atoms. The standard InChI is InChI=1S/C13H15ClF2N2O2/c14-10-8-11(15)9(7-12(10)16)13(20)18-3-1-17(2-4-18)5-6-19/h7-8,19H,1-6H2. The normalized spacial score (nSPS) is 16.5. The smallest absolute Gasteiger partial charge is 0.257 e. The minimum Gasteiger partial charge on any atom is -0.395 e. The Balaban J connectivity index is 2.07. The van der Waals surface area contributed by atoms with Crippen molar-refractivity contribution in [2.24, 2.45) is 0 Å². The number of nitrogens with zero attached hydrogens (tertiary/aromatic N) is 2. The van der Waals surface area contributed by atoms with Gasteiger partial charge in [-0.25, -0.2) is 8.78 Å². The molecule has 1 aliphatic heterocycles. The SMILES string of the molecule is O=C(c1cc(F)c(Cl)cc1F)N1CCN(CCO)CC1. The minimum absolute atomic E-state index is 0.0605. The number of β-amino-alcohol motifs (C(OH)–C–C–N with tert-alkyl or cyclic N) is 1. The molecule has 7 heteroatoms. The number of aliphatic hydroxyl groups is 1. The van der Waals surface area contributed by atoms with Crippen LogP contribution < -0.4 is 0 Å². The largest absolute Gasteiger partial charge is 0.395 e. The lowest BCUT2D eigenvalue weighted by Gasteiger charge is -2.34.